The second-order valence-electron chi connectivity index (χ2n) is 4.64. The van der Waals surface area contributed by atoms with Crippen molar-refractivity contribution in [2.75, 3.05) is 45.6 Å². The summed E-state index contributed by atoms with van der Waals surface area (Å²) in [6.45, 7) is 7.18. The smallest absolute Gasteiger partial charge is 0.272 e. The van der Waals surface area contributed by atoms with E-state index in [-0.39, 0.29) is 5.91 Å². The number of amides is 1. The third-order valence-electron chi connectivity index (χ3n) is 2.92. The van der Waals surface area contributed by atoms with Crippen molar-refractivity contribution in [2.45, 2.75) is 13.8 Å². The second-order valence-corrected chi connectivity index (χ2v) is 4.64. The van der Waals surface area contributed by atoms with Gasteiger partial charge in [0.25, 0.3) is 5.91 Å². The molecular weight excluding hydrogens is 240 g/mol. The maximum atomic E-state index is 12.1. The minimum absolute atomic E-state index is 0.00941. The summed E-state index contributed by atoms with van der Waals surface area (Å²) in [6, 6.07) is 3.68. The van der Waals surface area contributed by atoms with Crippen molar-refractivity contribution in [3.63, 3.8) is 0 Å². The molecule has 19 heavy (non-hydrogen) atoms. The summed E-state index contributed by atoms with van der Waals surface area (Å²) in [7, 11) is 4.07. The minimum atomic E-state index is -0.00941. The van der Waals surface area contributed by atoms with Crippen LogP contribution in [0.15, 0.2) is 18.3 Å². The molecule has 0 radical (unpaired) electrons. The van der Waals surface area contributed by atoms with Gasteiger partial charge in [-0.3, -0.25) is 4.79 Å². The summed E-state index contributed by atoms with van der Waals surface area (Å²) in [5.74, 6) is -0.00941. The fourth-order valence-electron chi connectivity index (χ4n) is 1.72. The average Bonchev–Trinajstić information content (AvgIpc) is 2.40. The number of likely N-dealkylation sites (N-methyl/N-ethyl adjacent to an activating group) is 1. The molecule has 1 rings (SSSR count). The number of carbonyl (C=O) groups is 1. The highest BCUT2D eigenvalue weighted by atomic mass is 16.2. The van der Waals surface area contributed by atoms with E-state index in [4.69, 9.17) is 0 Å². The van der Waals surface area contributed by atoms with Crippen LogP contribution in [-0.2, 0) is 0 Å². The highest BCUT2D eigenvalue weighted by molar-refractivity contribution is 5.92. The first kappa shape index (κ1) is 15.4. The summed E-state index contributed by atoms with van der Waals surface area (Å²) in [6.07, 6.45) is 1.71. The number of pyridine rings is 1. The van der Waals surface area contributed by atoms with E-state index in [1.807, 2.05) is 34.0 Å². The van der Waals surface area contributed by atoms with Gasteiger partial charge in [-0.2, -0.15) is 0 Å². The Morgan fingerprint density at radius 1 is 1.26 bits per heavy atom. The van der Waals surface area contributed by atoms with Crippen LogP contribution in [-0.4, -0.2) is 61.0 Å². The molecule has 5 nitrogen and oxygen atoms in total. The second kappa shape index (κ2) is 7.74. The van der Waals surface area contributed by atoms with Crippen molar-refractivity contribution in [1.29, 1.82) is 0 Å². The SMILES string of the molecule is CCN(CC)C(=O)c1ccc(NCCN(C)C)cn1. The van der Waals surface area contributed by atoms with Crippen LogP contribution < -0.4 is 5.32 Å². The Kier molecular flexibility index (Phi) is 6.29. The van der Waals surface area contributed by atoms with Crippen molar-refractivity contribution in [3.8, 4) is 0 Å². The fourth-order valence-corrected chi connectivity index (χ4v) is 1.72. The van der Waals surface area contributed by atoms with Gasteiger partial charge in [-0.25, -0.2) is 4.98 Å². The molecule has 0 aliphatic heterocycles. The number of rotatable bonds is 7. The van der Waals surface area contributed by atoms with Gasteiger partial charge >= 0.3 is 0 Å². The summed E-state index contributed by atoms with van der Waals surface area (Å²) >= 11 is 0. The van der Waals surface area contributed by atoms with E-state index < -0.39 is 0 Å². The monoisotopic (exact) mass is 264 g/mol. The van der Waals surface area contributed by atoms with Crippen LogP contribution in [0.3, 0.4) is 0 Å². The average molecular weight is 264 g/mol. The number of anilines is 1. The lowest BCUT2D eigenvalue weighted by atomic mass is 10.3. The summed E-state index contributed by atoms with van der Waals surface area (Å²) in [5.41, 5.74) is 1.44. The lowest BCUT2D eigenvalue weighted by Gasteiger charge is -2.18. The van der Waals surface area contributed by atoms with Gasteiger partial charge in [0, 0.05) is 26.2 Å². The van der Waals surface area contributed by atoms with Crippen LogP contribution in [0.25, 0.3) is 0 Å². The number of carbonyl (C=O) groups excluding carboxylic acids is 1. The zero-order valence-electron chi connectivity index (χ0n) is 12.3. The molecule has 0 aromatic carbocycles. The lowest BCUT2D eigenvalue weighted by molar-refractivity contribution is 0.0767. The van der Waals surface area contributed by atoms with Gasteiger partial charge in [-0.05, 0) is 40.1 Å². The molecule has 0 fully saturated rings. The lowest BCUT2D eigenvalue weighted by Crippen LogP contribution is -2.31. The number of aromatic nitrogens is 1. The number of hydrogen-bond donors (Lipinski definition) is 1. The molecule has 1 heterocycles. The summed E-state index contributed by atoms with van der Waals surface area (Å²) in [4.78, 5) is 20.2. The Morgan fingerprint density at radius 3 is 2.42 bits per heavy atom. The maximum absolute atomic E-state index is 12.1. The highest BCUT2D eigenvalue weighted by Gasteiger charge is 2.13. The normalized spacial score (nSPS) is 10.6. The summed E-state index contributed by atoms with van der Waals surface area (Å²) in [5, 5.41) is 3.27. The first-order valence-corrected chi connectivity index (χ1v) is 6.72. The Hall–Kier alpha value is -1.62. The molecule has 0 saturated carbocycles. The van der Waals surface area contributed by atoms with E-state index in [2.05, 4.69) is 15.2 Å². The molecule has 0 unspecified atom stereocenters. The van der Waals surface area contributed by atoms with Gasteiger partial charge in [0.05, 0.1) is 11.9 Å². The van der Waals surface area contributed by atoms with Crippen LogP contribution in [0.5, 0.6) is 0 Å². The largest absolute Gasteiger partial charge is 0.383 e. The van der Waals surface area contributed by atoms with Crippen molar-refractivity contribution >= 4 is 11.6 Å². The van der Waals surface area contributed by atoms with Crippen molar-refractivity contribution in [2.24, 2.45) is 0 Å². The van der Waals surface area contributed by atoms with Crippen molar-refractivity contribution in [3.05, 3.63) is 24.0 Å². The Morgan fingerprint density at radius 2 is 1.95 bits per heavy atom. The number of nitrogens with zero attached hydrogens (tertiary/aromatic N) is 3. The van der Waals surface area contributed by atoms with Crippen molar-refractivity contribution < 1.29 is 4.79 Å². The Bertz CT molecular complexity index is 385. The molecule has 1 aromatic rings. The molecular formula is C14H24N4O. The molecule has 5 heteroatoms. The molecule has 0 atom stereocenters. The summed E-state index contributed by atoms with van der Waals surface area (Å²) < 4.78 is 0. The third-order valence-corrected chi connectivity index (χ3v) is 2.92. The van der Waals surface area contributed by atoms with Gasteiger partial charge in [-0.15, -0.1) is 0 Å². The molecule has 0 aliphatic carbocycles. The van der Waals surface area contributed by atoms with E-state index in [1.165, 1.54) is 0 Å². The molecule has 1 amide bonds. The number of nitrogens with one attached hydrogen (secondary N) is 1. The maximum Gasteiger partial charge on any atom is 0.272 e. The van der Waals surface area contributed by atoms with Gasteiger partial charge in [0.1, 0.15) is 5.69 Å². The van der Waals surface area contributed by atoms with Gasteiger partial charge < -0.3 is 15.1 Å². The van der Waals surface area contributed by atoms with Gasteiger partial charge in [0.2, 0.25) is 0 Å². The van der Waals surface area contributed by atoms with E-state index >= 15 is 0 Å². The van der Waals surface area contributed by atoms with Crippen LogP contribution >= 0.6 is 0 Å². The van der Waals surface area contributed by atoms with E-state index in [1.54, 1.807) is 17.2 Å². The molecule has 0 aliphatic rings. The zero-order chi connectivity index (χ0) is 14.3. The molecule has 106 valence electrons. The number of hydrogen-bond acceptors (Lipinski definition) is 4. The molecule has 1 aromatic heterocycles. The van der Waals surface area contributed by atoms with E-state index in [0.29, 0.717) is 18.8 Å². The predicted molar refractivity (Wildman–Crippen MR) is 78.5 cm³/mol. The Labute approximate surface area is 115 Å². The molecule has 0 bridgehead atoms. The van der Waals surface area contributed by atoms with E-state index in [9.17, 15) is 4.79 Å². The fraction of sp³-hybridized carbons (Fsp3) is 0.571. The van der Waals surface area contributed by atoms with Crippen LogP contribution in [0.4, 0.5) is 5.69 Å². The standard InChI is InChI=1S/C14H24N4O/c1-5-18(6-2)14(19)13-8-7-12(11-16-13)15-9-10-17(3)4/h7-8,11,15H,5-6,9-10H2,1-4H3. The van der Waals surface area contributed by atoms with Gasteiger partial charge in [-0.1, -0.05) is 0 Å². The highest BCUT2D eigenvalue weighted by Crippen LogP contribution is 2.08. The Balaban J connectivity index is 2.58. The third kappa shape index (κ3) is 4.87. The van der Waals surface area contributed by atoms with Crippen LogP contribution in [0.1, 0.15) is 24.3 Å². The van der Waals surface area contributed by atoms with Crippen molar-refractivity contribution in [1.82, 2.24) is 14.8 Å². The van der Waals surface area contributed by atoms with E-state index in [0.717, 1.165) is 18.8 Å². The molecule has 1 N–H and O–H groups in total. The van der Waals surface area contributed by atoms with Crippen LogP contribution in [0.2, 0.25) is 0 Å². The molecule has 0 spiro atoms. The quantitative estimate of drug-likeness (QED) is 0.811. The first-order chi connectivity index (χ1) is 9.08. The zero-order valence-corrected chi connectivity index (χ0v) is 12.3. The van der Waals surface area contributed by atoms with Crippen LogP contribution in [0, 0.1) is 0 Å². The predicted octanol–water partition coefficient (Wildman–Crippen LogP) is 1.54. The first-order valence-electron chi connectivity index (χ1n) is 6.72. The topological polar surface area (TPSA) is 48.5 Å². The molecule has 0 saturated heterocycles. The van der Waals surface area contributed by atoms with Gasteiger partial charge in [0.15, 0.2) is 0 Å². The minimum Gasteiger partial charge on any atom is -0.383 e.